The highest BCUT2D eigenvalue weighted by atomic mass is 31.2. The third kappa shape index (κ3) is 43.1. The van der Waals surface area contributed by atoms with Crippen LogP contribution in [0.2, 0.25) is 0 Å². The van der Waals surface area contributed by atoms with Crippen molar-refractivity contribution in [3.63, 3.8) is 0 Å². The summed E-state index contributed by atoms with van der Waals surface area (Å²) in [5, 5.41) is 0. The maximum absolute atomic E-state index is 12.7. The fourth-order valence-corrected chi connectivity index (χ4v) is 6.34. The topological polar surface area (TPSA) is 94.1 Å². The molecule has 56 heavy (non-hydrogen) atoms. The molecule has 0 radical (unpaired) electrons. The average Bonchev–Trinajstić information content (AvgIpc) is 3.15. The van der Waals surface area contributed by atoms with Crippen molar-refractivity contribution < 1.29 is 37.3 Å². The van der Waals surface area contributed by atoms with E-state index >= 15 is 0 Å². The van der Waals surface area contributed by atoms with Gasteiger partial charge in [-0.2, -0.15) is 0 Å². The van der Waals surface area contributed by atoms with Gasteiger partial charge in [0.15, 0.2) is 0 Å². The van der Waals surface area contributed by atoms with E-state index < -0.39 is 13.9 Å². The van der Waals surface area contributed by atoms with Gasteiger partial charge in [0.05, 0.1) is 34.4 Å². The quantitative estimate of drug-likeness (QED) is 0.0200. The summed E-state index contributed by atoms with van der Waals surface area (Å²) in [5.41, 5.74) is 0. The molecule has 0 heterocycles. The second kappa shape index (κ2) is 39.8. The summed E-state index contributed by atoms with van der Waals surface area (Å²) in [6.07, 6.45) is 50.5. The second-order valence-electron chi connectivity index (χ2n) is 15.7. The molecule has 324 valence electrons. The molecule has 9 heteroatoms. The number of ether oxygens (including phenoxy) is 2. The van der Waals surface area contributed by atoms with Crippen LogP contribution in [0.4, 0.5) is 0 Å². The van der Waals surface area contributed by atoms with Crippen LogP contribution < -0.4 is 4.89 Å². The lowest BCUT2D eigenvalue weighted by molar-refractivity contribution is -0.870. The first-order valence-corrected chi connectivity index (χ1v) is 23.6. The van der Waals surface area contributed by atoms with Crippen LogP contribution in [0.1, 0.15) is 162 Å². The molecule has 0 saturated heterocycles. The lowest BCUT2D eigenvalue weighted by atomic mass is 10.1. The molecule has 0 N–H and O–H groups in total. The zero-order valence-electron chi connectivity index (χ0n) is 36.6. The molecule has 0 aliphatic carbocycles. The summed E-state index contributed by atoms with van der Waals surface area (Å²) < 4.78 is 34.5. The Labute approximate surface area is 344 Å². The Balaban J connectivity index is 4.26. The number of phosphoric ester groups is 1. The Morgan fingerprint density at radius 3 is 1.55 bits per heavy atom. The van der Waals surface area contributed by atoms with E-state index in [2.05, 4.69) is 86.8 Å². The Kier molecular flexibility index (Phi) is 38.3. The van der Waals surface area contributed by atoms with Crippen molar-refractivity contribution >= 4 is 13.8 Å². The smallest absolute Gasteiger partial charge is 0.306 e. The second-order valence-corrected chi connectivity index (χ2v) is 17.1. The first-order valence-electron chi connectivity index (χ1n) is 22.2. The number of carbonyl (C=O) groups is 1. The van der Waals surface area contributed by atoms with Gasteiger partial charge in [-0.05, 0) is 64.2 Å². The third-order valence-electron chi connectivity index (χ3n) is 9.02. The van der Waals surface area contributed by atoms with Crippen molar-refractivity contribution in [1.29, 1.82) is 0 Å². The van der Waals surface area contributed by atoms with Crippen LogP contribution >= 0.6 is 7.82 Å². The minimum atomic E-state index is -4.53. The highest BCUT2D eigenvalue weighted by Gasteiger charge is 2.20. The summed E-state index contributed by atoms with van der Waals surface area (Å²) in [5.74, 6) is -0.361. The maximum atomic E-state index is 12.7. The normalized spacial score (nSPS) is 14.5. The van der Waals surface area contributed by atoms with Gasteiger partial charge in [-0.25, -0.2) is 0 Å². The van der Waals surface area contributed by atoms with Crippen LogP contribution in [0.15, 0.2) is 72.9 Å². The van der Waals surface area contributed by atoms with E-state index in [1.54, 1.807) is 0 Å². The molecule has 0 bridgehead atoms. The lowest BCUT2D eigenvalue weighted by Crippen LogP contribution is -2.37. The van der Waals surface area contributed by atoms with Gasteiger partial charge in [0.1, 0.15) is 19.3 Å². The van der Waals surface area contributed by atoms with Gasteiger partial charge >= 0.3 is 5.97 Å². The molecule has 0 fully saturated rings. The number of rotatable bonds is 40. The monoisotopic (exact) mass is 806 g/mol. The molecule has 0 saturated carbocycles. The number of phosphoric acid groups is 1. The summed E-state index contributed by atoms with van der Waals surface area (Å²) in [6, 6.07) is 0. The van der Waals surface area contributed by atoms with Gasteiger partial charge in [-0.15, -0.1) is 0 Å². The number of hydrogen-bond donors (Lipinski definition) is 0. The highest BCUT2D eigenvalue weighted by Crippen LogP contribution is 2.38. The minimum Gasteiger partial charge on any atom is -0.756 e. The average molecular weight is 806 g/mol. The molecule has 0 aromatic carbocycles. The van der Waals surface area contributed by atoms with E-state index in [0.717, 1.165) is 83.5 Å². The number of carbonyl (C=O) groups excluding carboxylic acids is 1. The molecule has 0 spiro atoms. The van der Waals surface area contributed by atoms with E-state index in [0.29, 0.717) is 17.6 Å². The lowest BCUT2D eigenvalue weighted by Gasteiger charge is -2.28. The predicted octanol–water partition coefficient (Wildman–Crippen LogP) is 12.5. The Bertz CT molecular complexity index is 1120. The van der Waals surface area contributed by atoms with Crippen molar-refractivity contribution in [3.05, 3.63) is 72.9 Å². The van der Waals surface area contributed by atoms with Crippen LogP contribution in [0.5, 0.6) is 0 Å². The first-order chi connectivity index (χ1) is 27.1. The number of quaternary nitrogens is 1. The SMILES string of the molecule is CC/C=C\C/C=C\C/C=C\C/C=C\C/C=C\C/C=C\CCCCCCC(=O)OC(COCCCCCCCCCCCCC)COP(=O)([O-])OCC[N+](C)(C)C. The fourth-order valence-electron chi connectivity index (χ4n) is 5.61. The number of allylic oxidation sites excluding steroid dienone is 12. The summed E-state index contributed by atoms with van der Waals surface area (Å²) in [4.78, 5) is 25.0. The molecule has 0 amide bonds. The fraction of sp³-hybridized carbons (Fsp3) is 0.723. The predicted molar refractivity (Wildman–Crippen MR) is 235 cm³/mol. The standard InChI is InChI=1S/C47H84NO7P/c1-6-8-10-12-14-16-18-19-20-21-22-23-24-25-26-27-28-29-30-32-34-36-38-40-47(49)55-46(45-54-56(50,51)53-43-41-48(3,4)5)44-52-42-39-37-35-33-31-17-15-13-11-9-7-2/h8,10,14,16,19-20,22-23,25-26,28-29,46H,6-7,9,11-13,15,17-18,21,24,27,30-45H2,1-5H3/b10-8-,16-14-,20-19-,23-22-,26-25-,29-28-. The maximum Gasteiger partial charge on any atom is 0.306 e. The molecular formula is C47H84NO7P. The van der Waals surface area contributed by atoms with E-state index in [1.807, 2.05) is 21.1 Å². The van der Waals surface area contributed by atoms with Gasteiger partial charge in [0, 0.05) is 13.0 Å². The van der Waals surface area contributed by atoms with E-state index in [1.165, 1.54) is 57.8 Å². The highest BCUT2D eigenvalue weighted by molar-refractivity contribution is 7.45. The van der Waals surface area contributed by atoms with E-state index in [4.69, 9.17) is 18.5 Å². The van der Waals surface area contributed by atoms with Gasteiger partial charge in [-0.1, -0.05) is 164 Å². The molecular weight excluding hydrogens is 721 g/mol. The Hall–Kier alpha value is -2.06. The van der Waals surface area contributed by atoms with Gasteiger partial charge in [-0.3, -0.25) is 9.36 Å². The Morgan fingerprint density at radius 2 is 1.04 bits per heavy atom. The van der Waals surface area contributed by atoms with E-state index in [-0.39, 0.29) is 32.2 Å². The molecule has 0 aromatic rings. The summed E-state index contributed by atoms with van der Waals surface area (Å²) >= 11 is 0. The molecule has 0 aliphatic heterocycles. The molecule has 0 rings (SSSR count). The van der Waals surface area contributed by atoms with Gasteiger partial charge < -0.3 is 27.9 Å². The van der Waals surface area contributed by atoms with Crippen LogP contribution in [0, 0.1) is 0 Å². The number of unbranched alkanes of at least 4 members (excludes halogenated alkanes) is 14. The van der Waals surface area contributed by atoms with Crippen LogP contribution in [0.3, 0.4) is 0 Å². The number of nitrogens with zero attached hydrogens (tertiary/aromatic N) is 1. The summed E-state index contributed by atoms with van der Waals surface area (Å²) in [7, 11) is 1.33. The van der Waals surface area contributed by atoms with Crippen molar-refractivity contribution in [1.82, 2.24) is 0 Å². The number of likely N-dealkylation sites (N-methyl/N-ethyl adjacent to an activating group) is 1. The van der Waals surface area contributed by atoms with Crippen LogP contribution in [-0.2, 0) is 27.9 Å². The van der Waals surface area contributed by atoms with Gasteiger partial charge in [0.25, 0.3) is 7.82 Å². The molecule has 8 nitrogen and oxygen atoms in total. The first kappa shape index (κ1) is 53.9. The van der Waals surface area contributed by atoms with Crippen molar-refractivity contribution in [3.8, 4) is 0 Å². The van der Waals surface area contributed by atoms with Crippen LogP contribution in [0.25, 0.3) is 0 Å². The van der Waals surface area contributed by atoms with E-state index in [9.17, 15) is 14.3 Å². The Morgan fingerprint density at radius 1 is 0.571 bits per heavy atom. The van der Waals surface area contributed by atoms with Crippen LogP contribution in [-0.4, -0.2) is 70.7 Å². The molecule has 2 unspecified atom stereocenters. The minimum absolute atomic E-state index is 0.0180. The third-order valence-corrected chi connectivity index (χ3v) is 9.99. The number of hydrogen-bond acceptors (Lipinski definition) is 7. The van der Waals surface area contributed by atoms with Crippen molar-refractivity contribution in [2.24, 2.45) is 0 Å². The summed E-state index contributed by atoms with van der Waals surface area (Å²) in [6.45, 7) is 5.24. The zero-order valence-corrected chi connectivity index (χ0v) is 37.5. The van der Waals surface area contributed by atoms with Crippen molar-refractivity contribution in [2.75, 3.05) is 54.1 Å². The zero-order chi connectivity index (χ0) is 41.3. The van der Waals surface area contributed by atoms with Gasteiger partial charge in [0.2, 0.25) is 0 Å². The largest absolute Gasteiger partial charge is 0.756 e. The molecule has 0 aromatic heterocycles. The molecule has 2 atom stereocenters. The number of esters is 1. The van der Waals surface area contributed by atoms with Crippen molar-refractivity contribution in [2.45, 2.75) is 168 Å². The molecule has 0 aliphatic rings.